The van der Waals surface area contributed by atoms with Crippen LogP contribution >= 0.6 is 27.5 Å². The van der Waals surface area contributed by atoms with Gasteiger partial charge in [0.05, 0.1) is 29.0 Å². The monoisotopic (exact) mass is 462 g/mol. The molecular weight excluding hydrogens is 448 g/mol. The zero-order valence-corrected chi connectivity index (χ0v) is 17.0. The lowest BCUT2D eigenvalue weighted by atomic mass is 10.0. The van der Waals surface area contributed by atoms with E-state index in [9.17, 15) is 9.59 Å². The maximum absolute atomic E-state index is 12.5. The van der Waals surface area contributed by atoms with Crippen molar-refractivity contribution in [3.63, 3.8) is 0 Å². The third-order valence-electron chi connectivity index (χ3n) is 4.93. The summed E-state index contributed by atoms with van der Waals surface area (Å²) in [7, 11) is 0. The molecule has 28 heavy (non-hydrogen) atoms. The Kier molecular flexibility index (Phi) is 4.93. The summed E-state index contributed by atoms with van der Waals surface area (Å²) in [5.74, 6) is 0.0301. The van der Waals surface area contributed by atoms with Crippen molar-refractivity contribution in [1.29, 1.82) is 0 Å². The third-order valence-corrected chi connectivity index (χ3v) is 5.72. The summed E-state index contributed by atoms with van der Waals surface area (Å²) < 4.78 is 12.7. The van der Waals surface area contributed by atoms with Crippen molar-refractivity contribution in [2.75, 3.05) is 6.61 Å². The topological polar surface area (TPSA) is 76.7 Å². The van der Waals surface area contributed by atoms with Crippen LogP contribution in [0.3, 0.4) is 0 Å². The second-order valence-electron chi connectivity index (χ2n) is 7.09. The standard InChI is InChI=1S/C21H16BrClO5/c22-12-4-5-14(17(8-12)27-11-21(6-7-21)10-19(25)26)18-9-16(24)13-2-1-3-15(23)20(13)28-18/h1-5,8-9H,6-7,10-11H2,(H,25,26). The molecule has 1 N–H and O–H groups in total. The number of ether oxygens (including phenoxy) is 1. The molecule has 1 aliphatic rings. The maximum atomic E-state index is 12.5. The fraction of sp³-hybridized carbons (Fsp3) is 0.238. The Labute approximate surface area is 174 Å². The minimum Gasteiger partial charge on any atom is -0.492 e. The summed E-state index contributed by atoms with van der Waals surface area (Å²) in [4.78, 5) is 23.6. The molecule has 0 radical (unpaired) electrons. The van der Waals surface area contributed by atoms with Gasteiger partial charge < -0.3 is 14.3 Å². The quantitative estimate of drug-likeness (QED) is 0.521. The van der Waals surface area contributed by atoms with Gasteiger partial charge in [-0.3, -0.25) is 9.59 Å². The van der Waals surface area contributed by atoms with Gasteiger partial charge in [0.15, 0.2) is 11.0 Å². The summed E-state index contributed by atoms with van der Waals surface area (Å²) in [6.07, 6.45) is 1.73. The Morgan fingerprint density at radius 2 is 2.04 bits per heavy atom. The second kappa shape index (κ2) is 7.26. The molecule has 144 valence electrons. The molecule has 3 aromatic rings. The summed E-state index contributed by atoms with van der Waals surface area (Å²) >= 11 is 9.63. The molecule has 5 nitrogen and oxygen atoms in total. The Balaban J connectivity index is 1.73. The van der Waals surface area contributed by atoms with E-state index in [0.717, 1.165) is 17.3 Å². The van der Waals surface area contributed by atoms with Crippen molar-refractivity contribution in [2.45, 2.75) is 19.3 Å². The van der Waals surface area contributed by atoms with Crippen LogP contribution in [-0.2, 0) is 4.79 Å². The maximum Gasteiger partial charge on any atom is 0.304 e. The highest BCUT2D eigenvalue weighted by Gasteiger charge is 2.45. The lowest BCUT2D eigenvalue weighted by Gasteiger charge is -2.17. The van der Waals surface area contributed by atoms with Gasteiger partial charge in [-0.2, -0.15) is 0 Å². The minimum absolute atomic E-state index is 0.0804. The summed E-state index contributed by atoms with van der Waals surface area (Å²) in [6.45, 7) is 0.293. The third kappa shape index (κ3) is 3.80. The molecular formula is C21H16BrClO5. The fourth-order valence-corrected chi connectivity index (χ4v) is 3.75. The second-order valence-corrected chi connectivity index (χ2v) is 8.41. The fourth-order valence-electron chi connectivity index (χ4n) is 3.20. The van der Waals surface area contributed by atoms with Gasteiger partial charge in [-0.1, -0.05) is 33.6 Å². The first-order valence-corrected chi connectivity index (χ1v) is 9.91. The zero-order chi connectivity index (χ0) is 19.9. The first-order valence-electron chi connectivity index (χ1n) is 8.74. The number of aliphatic carboxylic acids is 1. The minimum atomic E-state index is -0.828. The number of carboxylic acids is 1. The average molecular weight is 464 g/mol. The lowest BCUT2D eigenvalue weighted by Crippen LogP contribution is -2.17. The van der Waals surface area contributed by atoms with Crippen molar-refractivity contribution in [3.8, 4) is 17.1 Å². The van der Waals surface area contributed by atoms with Gasteiger partial charge in [0.25, 0.3) is 0 Å². The highest BCUT2D eigenvalue weighted by molar-refractivity contribution is 9.10. The van der Waals surface area contributed by atoms with Crippen molar-refractivity contribution in [1.82, 2.24) is 0 Å². The van der Waals surface area contributed by atoms with Crippen LogP contribution in [0, 0.1) is 5.41 Å². The first kappa shape index (κ1) is 19.0. The van der Waals surface area contributed by atoms with E-state index in [1.165, 1.54) is 6.07 Å². The Morgan fingerprint density at radius 1 is 1.25 bits per heavy atom. The highest BCUT2D eigenvalue weighted by Crippen LogP contribution is 2.49. The predicted molar refractivity (Wildman–Crippen MR) is 110 cm³/mol. The smallest absolute Gasteiger partial charge is 0.304 e. The summed E-state index contributed by atoms with van der Waals surface area (Å²) in [6, 6.07) is 11.8. The highest BCUT2D eigenvalue weighted by atomic mass is 79.9. The van der Waals surface area contributed by atoms with E-state index >= 15 is 0 Å². The molecule has 0 unspecified atom stereocenters. The summed E-state index contributed by atoms with van der Waals surface area (Å²) in [5, 5.41) is 9.86. The van der Waals surface area contributed by atoms with Crippen molar-refractivity contribution in [2.24, 2.45) is 5.41 Å². The molecule has 0 amide bonds. The molecule has 4 rings (SSSR count). The molecule has 1 aliphatic carbocycles. The molecule has 0 atom stereocenters. The number of rotatable bonds is 6. The number of carbonyl (C=O) groups is 1. The van der Waals surface area contributed by atoms with Crippen molar-refractivity contribution >= 4 is 44.5 Å². The number of hydrogen-bond acceptors (Lipinski definition) is 4. The largest absolute Gasteiger partial charge is 0.492 e. The van der Waals surface area contributed by atoms with Gasteiger partial charge in [0, 0.05) is 16.0 Å². The van der Waals surface area contributed by atoms with Crippen LogP contribution in [0.25, 0.3) is 22.3 Å². The Hall–Kier alpha value is -2.31. The molecule has 0 bridgehead atoms. The van der Waals surface area contributed by atoms with Crippen molar-refractivity contribution < 1.29 is 19.1 Å². The van der Waals surface area contributed by atoms with Gasteiger partial charge in [0.2, 0.25) is 0 Å². The molecule has 1 saturated carbocycles. The first-order chi connectivity index (χ1) is 13.4. The number of para-hydroxylation sites is 1. The van der Waals surface area contributed by atoms with E-state index in [2.05, 4.69) is 15.9 Å². The Bertz CT molecular complexity index is 1130. The molecule has 0 spiro atoms. The van der Waals surface area contributed by atoms with Crippen LogP contribution in [0.4, 0.5) is 0 Å². The predicted octanol–water partition coefficient (Wildman–Crippen LogP) is 5.51. The van der Waals surface area contributed by atoms with Gasteiger partial charge in [0.1, 0.15) is 11.5 Å². The van der Waals surface area contributed by atoms with Crippen molar-refractivity contribution in [3.05, 3.63) is 62.2 Å². The molecule has 0 aliphatic heterocycles. The molecule has 1 heterocycles. The van der Waals surface area contributed by atoms with Crippen LogP contribution in [0.1, 0.15) is 19.3 Å². The Morgan fingerprint density at radius 3 is 2.75 bits per heavy atom. The van der Waals surface area contributed by atoms with Crippen LogP contribution < -0.4 is 10.2 Å². The van der Waals surface area contributed by atoms with E-state index in [1.807, 2.05) is 6.07 Å². The van der Waals surface area contributed by atoms with E-state index in [-0.39, 0.29) is 17.3 Å². The number of carboxylic acid groups (broad SMARTS) is 1. The molecule has 1 fully saturated rings. The zero-order valence-electron chi connectivity index (χ0n) is 14.7. The van der Waals surface area contributed by atoms with Gasteiger partial charge in [-0.25, -0.2) is 0 Å². The molecule has 2 aromatic carbocycles. The normalized spacial score (nSPS) is 14.8. The van der Waals surface area contributed by atoms with Crippen LogP contribution in [0.2, 0.25) is 5.02 Å². The van der Waals surface area contributed by atoms with Gasteiger partial charge in [-0.05, 0) is 43.2 Å². The van der Waals surface area contributed by atoms with E-state index in [4.69, 9.17) is 25.9 Å². The van der Waals surface area contributed by atoms with Crippen LogP contribution in [0.5, 0.6) is 5.75 Å². The van der Waals surface area contributed by atoms with Crippen LogP contribution in [-0.4, -0.2) is 17.7 Å². The number of halogens is 2. The number of hydrogen-bond donors (Lipinski definition) is 1. The molecule has 1 aromatic heterocycles. The summed E-state index contributed by atoms with van der Waals surface area (Å²) in [5.41, 5.74) is 0.411. The lowest BCUT2D eigenvalue weighted by molar-refractivity contribution is -0.138. The van der Waals surface area contributed by atoms with E-state index in [0.29, 0.717) is 39.7 Å². The van der Waals surface area contributed by atoms with Crippen LogP contribution in [0.15, 0.2) is 56.1 Å². The van der Waals surface area contributed by atoms with E-state index < -0.39 is 5.97 Å². The number of benzene rings is 2. The molecule has 7 heteroatoms. The number of fused-ring (bicyclic) bond motifs is 1. The average Bonchev–Trinajstić information content (AvgIpc) is 3.40. The van der Waals surface area contributed by atoms with E-state index in [1.54, 1.807) is 30.3 Å². The van der Waals surface area contributed by atoms with Gasteiger partial charge in [-0.15, -0.1) is 0 Å². The SMILES string of the molecule is O=C(O)CC1(COc2cc(Br)ccc2-c2cc(=O)c3cccc(Cl)c3o2)CC1. The van der Waals surface area contributed by atoms with Gasteiger partial charge >= 0.3 is 5.97 Å². The molecule has 0 saturated heterocycles.